The summed E-state index contributed by atoms with van der Waals surface area (Å²) in [4.78, 5) is 15.7. The van der Waals surface area contributed by atoms with Gasteiger partial charge in [0.15, 0.2) is 18.0 Å². The molecule has 1 aliphatic heterocycles. The van der Waals surface area contributed by atoms with E-state index < -0.39 is 10.0 Å². The van der Waals surface area contributed by atoms with Crippen molar-refractivity contribution in [3.63, 3.8) is 0 Å². The number of methoxy groups -OCH3 is 2. The monoisotopic (exact) mass is 428 g/mol. The first-order valence-corrected chi connectivity index (χ1v) is 11.6. The van der Waals surface area contributed by atoms with E-state index in [4.69, 9.17) is 9.47 Å². The number of quaternary nitrogens is 1. The molecule has 1 N–H and O–H groups in total. The normalized spacial score (nSPS) is 15.9. The first kappa shape index (κ1) is 23.4. The second-order valence-corrected chi connectivity index (χ2v) is 9.11. The smallest absolute Gasteiger partial charge is 0.277 e. The number of likely N-dealkylation sites (N-methyl/N-ethyl adjacent to an activating group) is 1. The molecule has 1 heterocycles. The maximum atomic E-state index is 13.0. The van der Waals surface area contributed by atoms with Crippen molar-refractivity contribution in [3.8, 4) is 11.5 Å². The molecule has 0 bridgehead atoms. The highest BCUT2D eigenvalue weighted by atomic mass is 32.2. The van der Waals surface area contributed by atoms with Gasteiger partial charge in [0.25, 0.3) is 5.91 Å². The van der Waals surface area contributed by atoms with Gasteiger partial charge in [-0.25, -0.2) is 8.42 Å². The molecule has 1 aliphatic rings. The third-order valence-electron chi connectivity index (χ3n) is 5.34. The maximum absolute atomic E-state index is 13.0. The van der Waals surface area contributed by atoms with E-state index in [1.165, 1.54) is 30.7 Å². The van der Waals surface area contributed by atoms with Crippen LogP contribution in [0, 0.1) is 0 Å². The molecule has 2 rings (SSSR count). The van der Waals surface area contributed by atoms with Crippen molar-refractivity contribution in [2.24, 2.45) is 0 Å². The molecule has 1 amide bonds. The molecule has 0 unspecified atom stereocenters. The van der Waals surface area contributed by atoms with Gasteiger partial charge in [0, 0.05) is 19.2 Å². The number of hydrogen-bond donors (Lipinski definition) is 1. The molecule has 29 heavy (non-hydrogen) atoms. The fourth-order valence-corrected chi connectivity index (χ4v) is 4.94. The van der Waals surface area contributed by atoms with E-state index in [-0.39, 0.29) is 10.8 Å². The molecule has 0 aliphatic carbocycles. The van der Waals surface area contributed by atoms with Crippen molar-refractivity contribution < 1.29 is 27.6 Å². The molecule has 8 nitrogen and oxygen atoms in total. The highest BCUT2D eigenvalue weighted by Crippen LogP contribution is 2.30. The van der Waals surface area contributed by atoms with E-state index >= 15 is 0 Å². The second-order valence-electron chi connectivity index (χ2n) is 7.17. The Balaban J connectivity index is 1.98. The molecular formula is C20H34N3O5S+. The van der Waals surface area contributed by atoms with Gasteiger partial charge in [-0.15, -0.1) is 0 Å². The van der Waals surface area contributed by atoms with E-state index in [1.54, 1.807) is 6.07 Å². The second kappa shape index (κ2) is 10.8. The van der Waals surface area contributed by atoms with Crippen LogP contribution in [-0.4, -0.2) is 83.6 Å². The van der Waals surface area contributed by atoms with Gasteiger partial charge < -0.3 is 19.3 Å². The van der Waals surface area contributed by atoms with Gasteiger partial charge in [0.2, 0.25) is 10.0 Å². The number of benzene rings is 1. The van der Waals surface area contributed by atoms with Crippen molar-refractivity contribution in [3.05, 3.63) is 18.2 Å². The van der Waals surface area contributed by atoms with Crippen LogP contribution in [0.2, 0.25) is 0 Å². The third-order valence-corrected chi connectivity index (χ3v) is 7.23. The quantitative estimate of drug-likeness (QED) is 0.578. The number of piperazine rings is 1. The molecule has 0 radical (unpaired) electrons. The van der Waals surface area contributed by atoms with E-state index in [2.05, 4.69) is 6.92 Å². The fraction of sp³-hybridized carbons (Fsp3) is 0.650. The van der Waals surface area contributed by atoms with Gasteiger partial charge in [0.1, 0.15) is 0 Å². The van der Waals surface area contributed by atoms with Crippen LogP contribution in [-0.2, 0) is 14.8 Å². The molecule has 0 atom stereocenters. The molecule has 1 saturated heterocycles. The number of rotatable bonds is 10. The van der Waals surface area contributed by atoms with Crippen LogP contribution < -0.4 is 14.4 Å². The van der Waals surface area contributed by atoms with Crippen molar-refractivity contribution >= 4 is 15.9 Å². The van der Waals surface area contributed by atoms with Crippen LogP contribution in [0.5, 0.6) is 11.5 Å². The molecular weight excluding hydrogens is 394 g/mol. The lowest BCUT2D eigenvalue weighted by Gasteiger charge is -2.32. The Labute approximate surface area is 174 Å². The maximum Gasteiger partial charge on any atom is 0.277 e. The minimum absolute atomic E-state index is 0.146. The summed E-state index contributed by atoms with van der Waals surface area (Å²) in [5.74, 6) is 1.02. The van der Waals surface area contributed by atoms with Gasteiger partial charge in [0.05, 0.1) is 45.3 Å². The standard InChI is InChI=1S/C20H33N3O5S/c1-5-7-10-22(6-2)20(24)16-21-11-13-23(14-12-21)29(25,26)17-8-9-18(27-3)19(15-17)28-4/h8-9,15H,5-7,10-14,16H2,1-4H3/p+1. The van der Waals surface area contributed by atoms with E-state index in [1.807, 2.05) is 11.8 Å². The number of nitrogens with one attached hydrogen (secondary N) is 1. The Hall–Kier alpha value is -1.84. The molecule has 0 aromatic heterocycles. The lowest BCUT2D eigenvalue weighted by atomic mass is 10.3. The number of hydrogen-bond acceptors (Lipinski definition) is 5. The van der Waals surface area contributed by atoms with Gasteiger partial charge in [-0.3, -0.25) is 4.79 Å². The lowest BCUT2D eigenvalue weighted by Crippen LogP contribution is -3.15. The number of nitrogens with zero attached hydrogens (tertiary/aromatic N) is 2. The van der Waals surface area contributed by atoms with Crippen LogP contribution in [0.25, 0.3) is 0 Å². The number of sulfonamides is 1. The number of carbonyl (C=O) groups excluding carboxylic acids is 1. The summed E-state index contributed by atoms with van der Waals surface area (Å²) in [5.41, 5.74) is 0. The molecule has 1 fully saturated rings. The Morgan fingerprint density at radius 2 is 1.79 bits per heavy atom. The van der Waals surface area contributed by atoms with E-state index in [9.17, 15) is 13.2 Å². The minimum Gasteiger partial charge on any atom is -0.493 e. The zero-order valence-electron chi connectivity index (χ0n) is 17.9. The van der Waals surface area contributed by atoms with Crippen LogP contribution in [0.3, 0.4) is 0 Å². The zero-order chi connectivity index (χ0) is 21.4. The number of unbranched alkanes of at least 4 members (excludes halogenated alkanes) is 1. The summed E-state index contributed by atoms with van der Waals surface area (Å²) >= 11 is 0. The van der Waals surface area contributed by atoms with Crippen LogP contribution in [0.1, 0.15) is 26.7 Å². The Bertz CT molecular complexity index is 776. The zero-order valence-corrected chi connectivity index (χ0v) is 18.8. The summed E-state index contributed by atoms with van der Waals surface area (Å²) < 4.78 is 37.9. The van der Waals surface area contributed by atoms with Crippen molar-refractivity contribution in [1.29, 1.82) is 0 Å². The number of ether oxygens (including phenoxy) is 2. The predicted molar refractivity (Wildman–Crippen MR) is 111 cm³/mol. The molecule has 164 valence electrons. The van der Waals surface area contributed by atoms with Crippen molar-refractivity contribution in [2.45, 2.75) is 31.6 Å². The number of amides is 1. The average Bonchev–Trinajstić information content (AvgIpc) is 2.74. The fourth-order valence-electron chi connectivity index (χ4n) is 3.48. The first-order chi connectivity index (χ1) is 13.9. The average molecular weight is 429 g/mol. The lowest BCUT2D eigenvalue weighted by molar-refractivity contribution is -0.896. The summed E-state index contributed by atoms with van der Waals surface area (Å²) in [6.45, 7) is 8.04. The van der Waals surface area contributed by atoms with Crippen molar-refractivity contribution in [1.82, 2.24) is 9.21 Å². The SMILES string of the molecule is CCCCN(CC)C(=O)C[NH+]1CCN(S(=O)(=O)c2ccc(OC)c(OC)c2)CC1. The van der Waals surface area contributed by atoms with E-state index in [0.29, 0.717) is 50.8 Å². The third kappa shape index (κ3) is 5.83. The van der Waals surface area contributed by atoms with Crippen LogP contribution in [0.4, 0.5) is 0 Å². The summed E-state index contributed by atoms with van der Waals surface area (Å²) in [7, 11) is -0.625. The Morgan fingerprint density at radius 1 is 1.14 bits per heavy atom. The molecule has 9 heteroatoms. The summed E-state index contributed by atoms with van der Waals surface area (Å²) in [5, 5.41) is 0. The van der Waals surface area contributed by atoms with Crippen LogP contribution >= 0.6 is 0 Å². The first-order valence-electron chi connectivity index (χ1n) is 10.2. The molecule has 1 aromatic carbocycles. The minimum atomic E-state index is -3.62. The van der Waals surface area contributed by atoms with E-state index in [0.717, 1.165) is 24.3 Å². The van der Waals surface area contributed by atoms with Crippen molar-refractivity contribution in [2.75, 3.05) is 60.0 Å². The summed E-state index contributed by atoms with van der Waals surface area (Å²) in [6, 6.07) is 4.62. The molecule has 0 saturated carbocycles. The highest BCUT2D eigenvalue weighted by molar-refractivity contribution is 7.89. The highest BCUT2D eigenvalue weighted by Gasteiger charge is 2.32. The van der Waals surface area contributed by atoms with Gasteiger partial charge in [-0.2, -0.15) is 4.31 Å². The van der Waals surface area contributed by atoms with Crippen LogP contribution in [0.15, 0.2) is 23.1 Å². The molecule has 0 spiro atoms. The van der Waals surface area contributed by atoms with Gasteiger partial charge >= 0.3 is 0 Å². The number of carbonyl (C=O) groups is 1. The topological polar surface area (TPSA) is 80.6 Å². The largest absolute Gasteiger partial charge is 0.493 e. The van der Waals surface area contributed by atoms with Gasteiger partial charge in [-0.1, -0.05) is 13.3 Å². The Kier molecular flexibility index (Phi) is 8.73. The van der Waals surface area contributed by atoms with Gasteiger partial charge in [-0.05, 0) is 25.5 Å². The predicted octanol–water partition coefficient (Wildman–Crippen LogP) is 0.242. The Morgan fingerprint density at radius 3 is 2.34 bits per heavy atom. The molecule has 1 aromatic rings. The summed E-state index contributed by atoms with van der Waals surface area (Å²) in [6.07, 6.45) is 2.07.